The number of hydrogen-bond donors (Lipinski definition) is 2. The molecule has 3 fully saturated rings. The highest BCUT2D eigenvalue weighted by Gasteiger charge is 2.71. The predicted molar refractivity (Wildman–Crippen MR) is 198 cm³/mol. The number of halogens is 6. The second kappa shape index (κ2) is 13.8. The Morgan fingerprint density at radius 1 is 0.930 bits per heavy atom. The van der Waals surface area contributed by atoms with Gasteiger partial charge in [-0.25, -0.2) is 9.37 Å². The van der Waals surface area contributed by atoms with Crippen molar-refractivity contribution < 1.29 is 46.6 Å². The standard InChI is InChI=1S/C40H31Cl2F4N5O6/c1-49(34-29(42)15-16-31(47-34)40(44,45)46)51-35(53)26-14-13-24-27(32(26)37(51)55)18-28-36(54)50(48-22-9-7-21(43)8-10-22)38(56)39(28,19-3-5-20(41)6-4-19)33(24)25-12-11-23(52)17-30(25)57-2/h3-13,15-17,26-28,32-33,48,52H,14,18H2,1-2H3/t26-,27+,28-,32-,33+,39+/m0/s1. The Hall–Kier alpha value is -5.67. The summed E-state index contributed by atoms with van der Waals surface area (Å²) in [5, 5.41) is 13.1. The number of alkyl halides is 3. The number of aromatic nitrogens is 1. The number of fused-ring (bicyclic) bond motifs is 4. The third kappa shape index (κ3) is 5.89. The van der Waals surface area contributed by atoms with Gasteiger partial charge in [-0.2, -0.15) is 23.2 Å². The molecule has 3 aromatic carbocycles. The molecule has 0 bridgehead atoms. The van der Waals surface area contributed by atoms with Crippen molar-refractivity contribution in [3.8, 4) is 11.5 Å². The summed E-state index contributed by atoms with van der Waals surface area (Å²) in [6.45, 7) is 0. The molecule has 294 valence electrons. The molecule has 0 radical (unpaired) electrons. The van der Waals surface area contributed by atoms with Gasteiger partial charge in [-0.15, -0.1) is 0 Å². The molecule has 1 aromatic heterocycles. The van der Waals surface area contributed by atoms with Crippen molar-refractivity contribution in [2.75, 3.05) is 24.6 Å². The number of imide groups is 2. The van der Waals surface area contributed by atoms with Crippen LogP contribution in [0.3, 0.4) is 0 Å². The van der Waals surface area contributed by atoms with Crippen molar-refractivity contribution in [1.82, 2.24) is 15.0 Å². The minimum absolute atomic E-state index is 0.00684. The Morgan fingerprint density at radius 3 is 2.30 bits per heavy atom. The van der Waals surface area contributed by atoms with Crippen LogP contribution in [-0.4, -0.2) is 57.9 Å². The Balaban J connectivity index is 1.30. The maximum absolute atomic E-state index is 15.3. The normalized spacial score (nSPS) is 25.5. The molecular weight excluding hydrogens is 793 g/mol. The van der Waals surface area contributed by atoms with E-state index in [0.29, 0.717) is 27.8 Å². The van der Waals surface area contributed by atoms with Crippen LogP contribution in [0.4, 0.5) is 29.1 Å². The molecule has 1 saturated carbocycles. The number of pyridine rings is 1. The van der Waals surface area contributed by atoms with E-state index < -0.39 is 82.1 Å². The van der Waals surface area contributed by atoms with Gasteiger partial charge in [0.25, 0.3) is 23.6 Å². The summed E-state index contributed by atoms with van der Waals surface area (Å²) >= 11 is 12.6. The molecule has 4 aliphatic rings. The van der Waals surface area contributed by atoms with Crippen molar-refractivity contribution in [2.24, 2.45) is 23.7 Å². The topological polar surface area (TPSA) is 132 Å². The highest BCUT2D eigenvalue weighted by Crippen LogP contribution is 2.65. The third-order valence-corrected chi connectivity index (χ3v) is 12.0. The van der Waals surface area contributed by atoms with E-state index in [-0.39, 0.29) is 35.1 Å². The number of methoxy groups -OCH3 is 1. The Bertz CT molecular complexity index is 2380. The van der Waals surface area contributed by atoms with Crippen molar-refractivity contribution >= 4 is 58.3 Å². The number of amides is 4. The van der Waals surface area contributed by atoms with E-state index in [2.05, 4.69) is 10.4 Å². The SMILES string of the molecule is COc1cc(O)ccc1[C@H]1C2=CC[C@@H]3C(=O)N(N(C)c4nc(C(F)(F)F)ccc4Cl)C(=O)[C@@H]3[C@@H]2C[C@H]2C(=O)N(Nc3ccc(F)cc3)C(=O)[C@@]12c1ccc(Cl)cc1. The van der Waals surface area contributed by atoms with Crippen molar-refractivity contribution in [3.05, 3.63) is 123 Å². The lowest BCUT2D eigenvalue weighted by Gasteiger charge is -2.50. The van der Waals surface area contributed by atoms with Crippen molar-refractivity contribution in [2.45, 2.75) is 30.4 Å². The summed E-state index contributed by atoms with van der Waals surface area (Å²) in [5.74, 6) is -9.04. The molecule has 6 atom stereocenters. The number of benzene rings is 3. The van der Waals surface area contributed by atoms with Crippen LogP contribution < -0.4 is 15.2 Å². The van der Waals surface area contributed by atoms with Gasteiger partial charge in [0.1, 0.15) is 23.0 Å². The van der Waals surface area contributed by atoms with E-state index in [4.69, 9.17) is 27.9 Å². The lowest BCUT2D eigenvalue weighted by atomic mass is 9.49. The van der Waals surface area contributed by atoms with Crippen LogP contribution in [0.1, 0.15) is 35.6 Å². The number of allylic oxidation sites excluding steroid dienone is 2. The van der Waals surface area contributed by atoms with Gasteiger partial charge in [0.2, 0.25) is 0 Å². The highest BCUT2D eigenvalue weighted by molar-refractivity contribution is 6.33. The second-order valence-electron chi connectivity index (χ2n) is 14.3. The van der Waals surface area contributed by atoms with Gasteiger partial charge >= 0.3 is 6.18 Å². The summed E-state index contributed by atoms with van der Waals surface area (Å²) in [6.07, 6.45) is -3.20. The molecule has 2 aliphatic heterocycles. The molecule has 2 N–H and O–H groups in total. The van der Waals surface area contributed by atoms with Crippen LogP contribution in [0, 0.1) is 29.5 Å². The number of anilines is 2. The fourth-order valence-corrected chi connectivity index (χ4v) is 9.48. The van der Waals surface area contributed by atoms with Gasteiger partial charge in [0.15, 0.2) is 5.82 Å². The van der Waals surface area contributed by atoms with Gasteiger partial charge in [0.05, 0.1) is 41.0 Å². The number of rotatable bonds is 7. The van der Waals surface area contributed by atoms with E-state index in [0.717, 1.165) is 33.2 Å². The predicted octanol–water partition coefficient (Wildman–Crippen LogP) is 7.30. The lowest BCUT2D eigenvalue weighted by Crippen LogP contribution is -2.53. The van der Waals surface area contributed by atoms with Crippen LogP contribution >= 0.6 is 23.2 Å². The van der Waals surface area contributed by atoms with Gasteiger partial charge in [-0.3, -0.25) is 29.6 Å². The van der Waals surface area contributed by atoms with Crippen molar-refractivity contribution in [3.63, 3.8) is 0 Å². The minimum Gasteiger partial charge on any atom is -0.508 e. The molecule has 8 rings (SSSR count). The molecule has 4 aromatic rings. The zero-order valence-electron chi connectivity index (χ0n) is 29.9. The fraction of sp³-hybridized carbons (Fsp3) is 0.275. The number of nitrogens with one attached hydrogen (secondary N) is 1. The average Bonchev–Trinajstić information content (AvgIpc) is 3.56. The minimum atomic E-state index is -4.85. The number of ether oxygens (including phenoxy) is 1. The third-order valence-electron chi connectivity index (χ3n) is 11.5. The number of phenols is 1. The lowest BCUT2D eigenvalue weighted by molar-refractivity contribution is -0.142. The number of carbonyl (C=O) groups is 4. The number of carbonyl (C=O) groups excluding carboxylic acids is 4. The molecule has 57 heavy (non-hydrogen) atoms. The van der Waals surface area contributed by atoms with Crippen LogP contribution in [-0.2, 0) is 30.8 Å². The molecule has 3 heterocycles. The summed E-state index contributed by atoms with van der Waals surface area (Å²) in [4.78, 5) is 62.6. The fourth-order valence-electron chi connectivity index (χ4n) is 9.13. The molecule has 0 unspecified atom stereocenters. The van der Waals surface area contributed by atoms with Gasteiger partial charge in [0, 0.05) is 29.6 Å². The molecule has 0 spiro atoms. The van der Waals surface area contributed by atoms with Gasteiger partial charge in [-0.1, -0.05) is 53.1 Å². The maximum Gasteiger partial charge on any atom is 0.433 e. The second-order valence-corrected chi connectivity index (χ2v) is 15.2. The zero-order chi connectivity index (χ0) is 40.7. The first-order chi connectivity index (χ1) is 27.1. The van der Waals surface area contributed by atoms with Crippen LogP contribution in [0.25, 0.3) is 0 Å². The van der Waals surface area contributed by atoms with E-state index >= 15 is 4.79 Å². The van der Waals surface area contributed by atoms with Crippen LogP contribution in [0.5, 0.6) is 11.5 Å². The van der Waals surface area contributed by atoms with Crippen LogP contribution in [0.15, 0.2) is 90.5 Å². The first-order valence-corrected chi connectivity index (χ1v) is 18.4. The van der Waals surface area contributed by atoms with Crippen molar-refractivity contribution in [1.29, 1.82) is 0 Å². The van der Waals surface area contributed by atoms with E-state index in [1.54, 1.807) is 36.4 Å². The average molecular weight is 825 g/mol. The molecule has 4 amide bonds. The smallest absolute Gasteiger partial charge is 0.433 e. The summed E-state index contributed by atoms with van der Waals surface area (Å²) in [6, 6.07) is 17.5. The van der Waals surface area contributed by atoms with E-state index in [9.17, 15) is 37.1 Å². The van der Waals surface area contributed by atoms with E-state index in [1.807, 2.05) is 0 Å². The molecular formula is C40H31Cl2F4N5O6. The molecule has 11 nitrogen and oxygen atoms in total. The number of phenolic OH excluding ortho intramolecular Hbond substituents is 1. The number of hydrogen-bond acceptors (Lipinski definition) is 9. The van der Waals surface area contributed by atoms with Gasteiger partial charge < -0.3 is 9.84 Å². The number of nitrogens with zero attached hydrogens (tertiary/aromatic N) is 4. The summed E-state index contributed by atoms with van der Waals surface area (Å²) in [7, 11) is 2.59. The molecule has 2 saturated heterocycles. The van der Waals surface area contributed by atoms with Crippen LogP contribution in [0.2, 0.25) is 10.0 Å². The number of aromatic hydroxyl groups is 1. The largest absolute Gasteiger partial charge is 0.508 e. The summed E-state index contributed by atoms with van der Waals surface area (Å²) in [5.41, 5.74) is 1.41. The Morgan fingerprint density at radius 2 is 1.63 bits per heavy atom. The quantitative estimate of drug-likeness (QED) is 0.112. The zero-order valence-corrected chi connectivity index (χ0v) is 31.4. The first-order valence-electron chi connectivity index (χ1n) is 17.7. The maximum atomic E-state index is 15.3. The number of hydrazine groups is 2. The summed E-state index contributed by atoms with van der Waals surface area (Å²) < 4.78 is 60.8. The Labute approximate surface area is 332 Å². The van der Waals surface area contributed by atoms with Gasteiger partial charge in [-0.05, 0) is 78.9 Å². The Kier molecular flexibility index (Phi) is 9.23. The molecule has 17 heteroatoms. The molecule has 2 aliphatic carbocycles. The first kappa shape index (κ1) is 38.2. The highest BCUT2D eigenvalue weighted by atomic mass is 35.5. The van der Waals surface area contributed by atoms with E-state index in [1.165, 1.54) is 38.4 Å². The monoisotopic (exact) mass is 823 g/mol.